The van der Waals surface area contributed by atoms with Gasteiger partial charge in [0.15, 0.2) is 0 Å². The van der Waals surface area contributed by atoms with Crippen LogP contribution in [0.2, 0.25) is 3.12 Å². The van der Waals surface area contributed by atoms with E-state index in [-0.39, 0.29) is 34.0 Å². The molecular formula is C22H28Br2Zr. The van der Waals surface area contributed by atoms with Gasteiger partial charge in [0.05, 0.1) is 0 Å². The molecule has 0 spiro atoms. The summed E-state index contributed by atoms with van der Waals surface area (Å²) in [6, 6.07) is 9.05. The van der Waals surface area contributed by atoms with E-state index in [0.717, 1.165) is 3.63 Å². The zero-order valence-electron chi connectivity index (χ0n) is 16.1. The summed E-state index contributed by atoms with van der Waals surface area (Å²) in [7, 11) is 0. The van der Waals surface area contributed by atoms with Crippen LogP contribution in [-0.2, 0) is 23.2 Å². The van der Waals surface area contributed by atoms with Crippen molar-refractivity contribution >= 4 is 6.08 Å². The number of allylic oxidation sites excluding steroid dienone is 5. The van der Waals surface area contributed by atoms with Gasteiger partial charge in [-0.05, 0) is 0 Å². The van der Waals surface area contributed by atoms with Crippen LogP contribution < -0.4 is 34.0 Å². The zero-order chi connectivity index (χ0) is 16.8. The quantitative estimate of drug-likeness (QED) is 0.530. The molecule has 0 amide bonds. The van der Waals surface area contributed by atoms with E-state index in [2.05, 4.69) is 71.9 Å². The van der Waals surface area contributed by atoms with Gasteiger partial charge in [0.1, 0.15) is 0 Å². The third-order valence-corrected chi connectivity index (χ3v) is 11.7. The van der Waals surface area contributed by atoms with Crippen molar-refractivity contribution in [2.45, 2.75) is 61.1 Å². The maximum absolute atomic E-state index is 2.56. The fourth-order valence-electron chi connectivity index (χ4n) is 4.33. The second-order valence-electron chi connectivity index (χ2n) is 7.32. The van der Waals surface area contributed by atoms with Crippen LogP contribution in [0.1, 0.15) is 69.1 Å². The minimum atomic E-state index is -0.701. The Hall–Kier alpha value is 0.283. The Morgan fingerprint density at radius 2 is 1.64 bits per heavy atom. The average molecular weight is 543 g/mol. The van der Waals surface area contributed by atoms with Gasteiger partial charge in [0.25, 0.3) is 0 Å². The number of halogens is 2. The molecule has 0 radical (unpaired) electrons. The molecule has 2 aliphatic carbocycles. The van der Waals surface area contributed by atoms with Gasteiger partial charge in [0.2, 0.25) is 0 Å². The van der Waals surface area contributed by atoms with Crippen LogP contribution in [0.15, 0.2) is 52.1 Å². The molecule has 2 unspecified atom stereocenters. The molecule has 0 aromatic heterocycles. The van der Waals surface area contributed by atoms with Gasteiger partial charge in [0, 0.05) is 0 Å². The summed E-state index contributed by atoms with van der Waals surface area (Å²) in [4.78, 5) is 0. The fourth-order valence-corrected chi connectivity index (χ4v) is 9.73. The summed E-state index contributed by atoms with van der Waals surface area (Å²) in [5.74, 6) is 0. The maximum atomic E-state index is 2.56. The van der Waals surface area contributed by atoms with E-state index in [1.807, 2.05) is 0 Å². The van der Waals surface area contributed by atoms with Crippen molar-refractivity contribution in [3.8, 4) is 0 Å². The van der Waals surface area contributed by atoms with Crippen LogP contribution in [0.25, 0.3) is 6.08 Å². The van der Waals surface area contributed by atoms with E-state index in [4.69, 9.17) is 0 Å². The van der Waals surface area contributed by atoms with E-state index in [0.29, 0.717) is 3.12 Å². The van der Waals surface area contributed by atoms with Crippen molar-refractivity contribution in [3.05, 3.63) is 63.3 Å². The van der Waals surface area contributed by atoms with E-state index < -0.39 is 23.2 Å². The molecule has 0 bridgehead atoms. The molecule has 0 saturated carbocycles. The predicted molar refractivity (Wildman–Crippen MR) is 97.2 cm³/mol. The number of rotatable bonds is 4. The monoisotopic (exact) mass is 540 g/mol. The minimum absolute atomic E-state index is 0. The molecule has 0 fully saturated rings. The third kappa shape index (κ3) is 3.95. The number of fused-ring (bicyclic) bond motifs is 1. The van der Waals surface area contributed by atoms with Crippen molar-refractivity contribution < 1.29 is 57.2 Å². The Morgan fingerprint density at radius 1 is 1.00 bits per heavy atom. The van der Waals surface area contributed by atoms with Gasteiger partial charge in [-0.3, -0.25) is 0 Å². The first kappa shape index (κ1) is 23.3. The molecule has 134 valence electrons. The molecule has 2 aliphatic rings. The second-order valence-corrected chi connectivity index (χ2v) is 11.9. The molecule has 0 N–H and O–H groups in total. The van der Waals surface area contributed by atoms with E-state index in [9.17, 15) is 0 Å². The molecule has 0 saturated heterocycles. The maximum Gasteiger partial charge on any atom is -1.00 e. The first-order valence-electron chi connectivity index (χ1n) is 8.83. The normalized spacial score (nSPS) is 24.4. The standard InChI is InChI=1S/C12H19.C10H9.2BrH.Zr/c1-6-7-12-10(4)8(2)9(3)11(12)5;1-8-6-9-4-2-3-5-10(9)7-8;;;/h6-7H2,1-5H3;2-7H,1H3;2*1H;/q;;;;+2/p-2. The number of benzene rings is 1. The van der Waals surface area contributed by atoms with Crippen LogP contribution in [0, 0.1) is 0 Å². The first-order valence-corrected chi connectivity index (χ1v) is 11.5. The second kappa shape index (κ2) is 8.98. The zero-order valence-corrected chi connectivity index (χ0v) is 21.8. The van der Waals surface area contributed by atoms with Gasteiger partial charge in [-0.1, -0.05) is 0 Å². The van der Waals surface area contributed by atoms with Crippen molar-refractivity contribution in [2.75, 3.05) is 0 Å². The van der Waals surface area contributed by atoms with E-state index in [1.54, 1.807) is 33.4 Å². The van der Waals surface area contributed by atoms with Crippen LogP contribution in [-0.4, -0.2) is 0 Å². The first-order chi connectivity index (χ1) is 10.9. The van der Waals surface area contributed by atoms with Gasteiger partial charge in [-0.25, -0.2) is 0 Å². The Labute approximate surface area is 186 Å². The van der Waals surface area contributed by atoms with Gasteiger partial charge < -0.3 is 34.0 Å². The molecular weight excluding hydrogens is 515 g/mol. The fraction of sp³-hybridized carbons (Fsp3) is 0.455. The van der Waals surface area contributed by atoms with Crippen molar-refractivity contribution in [1.82, 2.24) is 0 Å². The largest absolute Gasteiger partial charge is 1.00 e. The van der Waals surface area contributed by atoms with E-state index in [1.165, 1.54) is 18.4 Å². The van der Waals surface area contributed by atoms with Crippen LogP contribution in [0.3, 0.4) is 0 Å². The predicted octanol–water partition coefficient (Wildman–Crippen LogP) is 0.880. The summed E-state index contributed by atoms with van der Waals surface area (Å²) in [5.41, 5.74) is 11.3. The Kier molecular flexibility index (Phi) is 8.38. The van der Waals surface area contributed by atoms with Crippen molar-refractivity contribution in [2.24, 2.45) is 0 Å². The van der Waals surface area contributed by atoms with Gasteiger partial charge in [-0.2, -0.15) is 0 Å². The van der Waals surface area contributed by atoms with Gasteiger partial charge in [-0.15, -0.1) is 0 Å². The Morgan fingerprint density at radius 3 is 2.28 bits per heavy atom. The van der Waals surface area contributed by atoms with Gasteiger partial charge >= 0.3 is 154 Å². The Bertz CT molecular complexity index is 742. The third-order valence-electron chi connectivity index (χ3n) is 6.01. The SMILES string of the molecule is CCCC1=C(C)C(C)=C(C)[C]1(C)[Zr+2][CH]1C(C)=Cc2ccccc21.[Br-].[Br-]. The van der Waals surface area contributed by atoms with Crippen LogP contribution >= 0.6 is 0 Å². The minimum Gasteiger partial charge on any atom is -1.00 e. The summed E-state index contributed by atoms with van der Waals surface area (Å²) >= 11 is -0.701. The summed E-state index contributed by atoms with van der Waals surface area (Å²) in [5, 5.41) is 0. The smallest absolute Gasteiger partial charge is 1.00 e. The average Bonchev–Trinajstić information content (AvgIpc) is 2.92. The molecule has 1 aromatic rings. The molecule has 2 atom stereocenters. The molecule has 1 aromatic carbocycles. The van der Waals surface area contributed by atoms with Crippen molar-refractivity contribution in [3.63, 3.8) is 0 Å². The number of hydrogen-bond donors (Lipinski definition) is 0. The van der Waals surface area contributed by atoms with E-state index >= 15 is 0 Å². The summed E-state index contributed by atoms with van der Waals surface area (Å²) in [6.45, 7) is 14.3. The molecule has 0 aliphatic heterocycles. The summed E-state index contributed by atoms with van der Waals surface area (Å²) in [6.07, 6.45) is 4.97. The summed E-state index contributed by atoms with van der Waals surface area (Å²) < 4.78 is 1.13. The molecule has 3 heteroatoms. The topological polar surface area (TPSA) is 0 Å². The van der Waals surface area contributed by atoms with Crippen LogP contribution in [0.4, 0.5) is 0 Å². The van der Waals surface area contributed by atoms with Crippen LogP contribution in [0.5, 0.6) is 0 Å². The number of hydrogen-bond acceptors (Lipinski definition) is 0. The van der Waals surface area contributed by atoms with Crippen molar-refractivity contribution in [1.29, 1.82) is 0 Å². The molecule has 25 heavy (non-hydrogen) atoms. The molecule has 0 nitrogen and oxygen atoms in total. The Balaban J connectivity index is 0.00000156. The molecule has 3 rings (SSSR count). The molecule has 0 heterocycles.